The number of nitrogens with zero attached hydrogens (tertiary/aromatic N) is 1. The van der Waals surface area contributed by atoms with E-state index >= 15 is 0 Å². The zero-order valence-corrected chi connectivity index (χ0v) is 18.2. The number of nitrogens with one attached hydrogen (secondary N) is 2. The summed E-state index contributed by atoms with van der Waals surface area (Å²) in [4.78, 5) is 24.8. The fourth-order valence-corrected chi connectivity index (χ4v) is 3.43. The van der Waals surface area contributed by atoms with Crippen molar-refractivity contribution in [1.82, 2.24) is 5.48 Å². The maximum Gasteiger partial charge on any atom is 0.243 e. The lowest BCUT2D eigenvalue weighted by atomic mass is 10.1. The van der Waals surface area contributed by atoms with E-state index in [2.05, 4.69) is 5.32 Å². The average molecular weight is 444 g/mol. The van der Waals surface area contributed by atoms with Gasteiger partial charge in [-0.1, -0.05) is 43.2 Å². The second-order valence-electron chi connectivity index (χ2n) is 7.63. The average Bonchev–Trinajstić information content (AvgIpc) is 2.81. The van der Waals surface area contributed by atoms with Gasteiger partial charge in [-0.15, -0.1) is 0 Å². The third-order valence-corrected chi connectivity index (χ3v) is 5.13. The molecular formula is C24H33N3O5. The van der Waals surface area contributed by atoms with Crippen molar-refractivity contribution in [2.75, 3.05) is 23.4 Å². The molecule has 0 saturated heterocycles. The lowest BCUT2D eigenvalue weighted by Crippen LogP contribution is -2.38. The Bertz CT molecular complexity index is 814. The zero-order chi connectivity index (χ0) is 23.2. The molecule has 0 aliphatic heterocycles. The van der Waals surface area contributed by atoms with Crippen LogP contribution in [0.1, 0.15) is 44.1 Å². The highest BCUT2D eigenvalue weighted by molar-refractivity contribution is 5.90. The van der Waals surface area contributed by atoms with Crippen LogP contribution in [0.15, 0.2) is 54.6 Å². The van der Waals surface area contributed by atoms with E-state index in [9.17, 15) is 19.8 Å². The molecule has 0 aliphatic rings. The molecule has 2 aromatic rings. The number of carbonyl (C=O) groups is 2. The number of amides is 2. The van der Waals surface area contributed by atoms with Gasteiger partial charge in [-0.3, -0.25) is 14.8 Å². The van der Waals surface area contributed by atoms with Crippen LogP contribution < -0.4 is 15.7 Å². The molecule has 32 heavy (non-hydrogen) atoms. The fourth-order valence-electron chi connectivity index (χ4n) is 3.43. The van der Waals surface area contributed by atoms with Crippen LogP contribution in [-0.2, 0) is 16.0 Å². The number of hydroxylamine groups is 1. The normalized spacial score (nSPS) is 11.6. The number of hydrogen-bond donors (Lipinski definition) is 5. The van der Waals surface area contributed by atoms with E-state index in [1.807, 2.05) is 54.6 Å². The summed E-state index contributed by atoms with van der Waals surface area (Å²) in [5.41, 5.74) is 4.06. The zero-order valence-electron chi connectivity index (χ0n) is 18.2. The third kappa shape index (κ3) is 9.05. The van der Waals surface area contributed by atoms with E-state index in [-0.39, 0.29) is 24.8 Å². The molecule has 0 radical (unpaired) electrons. The minimum Gasteiger partial charge on any atom is -0.395 e. The van der Waals surface area contributed by atoms with Crippen molar-refractivity contribution in [3.05, 3.63) is 60.2 Å². The van der Waals surface area contributed by atoms with E-state index in [0.717, 1.165) is 30.5 Å². The van der Waals surface area contributed by atoms with Gasteiger partial charge in [0.25, 0.3) is 0 Å². The van der Waals surface area contributed by atoms with Gasteiger partial charge >= 0.3 is 0 Å². The quantitative estimate of drug-likeness (QED) is 0.132. The van der Waals surface area contributed by atoms with Gasteiger partial charge in [-0.25, -0.2) is 5.48 Å². The van der Waals surface area contributed by atoms with Gasteiger partial charge in [0.05, 0.1) is 6.61 Å². The van der Waals surface area contributed by atoms with Gasteiger partial charge in [0, 0.05) is 37.2 Å². The second kappa shape index (κ2) is 14.2. The van der Waals surface area contributed by atoms with Crippen LogP contribution in [0, 0.1) is 0 Å². The van der Waals surface area contributed by atoms with Gasteiger partial charge in [-0.05, 0) is 42.7 Å². The van der Waals surface area contributed by atoms with Crippen molar-refractivity contribution in [2.45, 2.75) is 51.2 Å². The predicted octanol–water partition coefficient (Wildman–Crippen LogP) is 2.83. The SMILES string of the molecule is O=C(CCCCCCC(=O)Nc1ccc(CC(O)N(CCO)c2ccccc2)cc1)NO. The first-order chi connectivity index (χ1) is 15.5. The van der Waals surface area contributed by atoms with Crippen LogP contribution in [0.4, 0.5) is 11.4 Å². The number of aliphatic hydroxyl groups excluding tert-OH is 2. The van der Waals surface area contributed by atoms with Crippen molar-refractivity contribution in [3.8, 4) is 0 Å². The minimum absolute atomic E-state index is 0.0606. The Kier molecular flexibility index (Phi) is 11.2. The molecule has 0 heterocycles. The molecular weight excluding hydrogens is 410 g/mol. The van der Waals surface area contributed by atoms with Crippen LogP contribution >= 0.6 is 0 Å². The molecule has 0 fully saturated rings. The van der Waals surface area contributed by atoms with Crippen LogP contribution in [0.3, 0.4) is 0 Å². The number of carbonyl (C=O) groups excluding carboxylic acids is 2. The smallest absolute Gasteiger partial charge is 0.243 e. The summed E-state index contributed by atoms with van der Waals surface area (Å²) in [6, 6.07) is 16.8. The Morgan fingerprint density at radius 1 is 0.875 bits per heavy atom. The highest BCUT2D eigenvalue weighted by Crippen LogP contribution is 2.19. The van der Waals surface area contributed by atoms with Gasteiger partial charge in [0.1, 0.15) is 6.23 Å². The summed E-state index contributed by atoms with van der Waals surface area (Å²) in [5.74, 6) is -0.455. The van der Waals surface area contributed by atoms with Crippen molar-refractivity contribution in [1.29, 1.82) is 0 Å². The Hall–Kier alpha value is -2.94. The summed E-state index contributed by atoms with van der Waals surface area (Å²) in [7, 11) is 0. The van der Waals surface area contributed by atoms with Crippen LogP contribution in [0.5, 0.6) is 0 Å². The molecule has 2 rings (SSSR count). The monoisotopic (exact) mass is 443 g/mol. The molecule has 0 spiro atoms. The van der Waals surface area contributed by atoms with Gasteiger partial charge < -0.3 is 20.4 Å². The molecule has 0 saturated carbocycles. The molecule has 174 valence electrons. The molecule has 1 unspecified atom stereocenters. The van der Waals surface area contributed by atoms with Crippen molar-refractivity contribution < 1.29 is 25.0 Å². The number of aliphatic hydroxyl groups is 2. The van der Waals surface area contributed by atoms with E-state index in [1.54, 1.807) is 10.4 Å². The molecule has 0 aromatic heterocycles. The van der Waals surface area contributed by atoms with Gasteiger partial charge in [0.2, 0.25) is 11.8 Å². The molecule has 0 bridgehead atoms. The van der Waals surface area contributed by atoms with Gasteiger partial charge in [0.15, 0.2) is 0 Å². The number of para-hydroxylation sites is 1. The maximum atomic E-state index is 12.1. The summed E-state index contributed by atoms with van der Waals surface area (Å²) < 4.78 is 0. The maximum absolute atomic E-state index is 12.1. The first-order valence-electron chi connectivity index (χ1n) is 11.0. The minimum atomic E-state index is -0.784. The highest BCUT2D eigenvalue weighted by atomic mass is 16.5. The number of hydrogen-bond acceptors (Lipinski definition) is 6. The van der Waals surface area contributed by atoms with E-state index in [4.69, 9.17) is 5.21 Å². The Morgan fingerprint density at radius 3 is 2.09 bits per heavy atom. The van der Waals surface area contributed by atoms with E-state index < -0.39 is 6.23 Å². The van der Waals surface area contributed by atoms with Crippen molar-refractivity contribution >= 4 is 23.2 Å². The van der Waals surface area contributed by atoms with Crippen molar-refractivity contribution in [2.24, 2.45) is 0 Å². The van der Waals surface area contributed by atoms with Crippen molar-refractivity contribution in [3.63, 3.8) is 0 Å². The summed E-state index contributed by atoms with van der Waals surface area (Å²) in [5, 5.41) is 31.3. The first-order valence-corrected chi connectivity index (χ1v) is 11.0. The topological polar surface area (TPSA) is 122 Å². The summed E-state index contributed by atoms with van der Waals surface area (Å²) >= 11 is 0. The summed E-state index contributed by atoms with van der Waals surface area (Å²) in [6.45, 7) is 0.267. The molecule has 0 aliphatic carbocycles. The van der Waals surface area contributed by atoms with Crippen LogP contribution in [0.25, 0.3) is 0 Å². The second-order valence-corrected chi connectivity index (χ2v) is 7.63. The molecule has 2 aromatic carbocycles. The number of unbranched alkanes of at least 4 members (excludes halogenated alkanes) is 3. The Labute approximate surface area is 188 Å². The predicted molar refractivity (Wildman–Crippen MR) is 123 cm³/mol. The molecule has 1 atom stereocenters. The van der Waals surface area contributed by atoms with Crippen LogP contribution in [0.2, 0.25) is 0 Å². The molecule has 5 N–H and O–H groups in total. The lowest BCUT2D eigenvalue weighted by molar-refractivity contribution is -0.129. The van der Waals surface area contributed by atoms with E-state index in [1.165, 1.54) is 0 Å². The van der Waals surface area contributed by atoms with E-state index in [0.29, 0.717) is 31.5 Å². The van der Waals surface area contributed by atoms with Gasteiger partial charge in [-0.2, -0.15) is 0 Å². The van der Waals surface area contributed by atoms with Crippen LogP contribution in [-0.4, -0.2) is 46.6 Å². The summed E-state index contributed by atoms with van der Waals surface area (Å²) in [6.07, 6.45) is 3.37. The number of anilines is 2. The lowest BCUT2D eigenvalue weighted by Gasteiger charge is -2.29. The number of benzene rings is 2. The third-order valence-electron chi connectivity index (χ3n) is 5.13. The molecule has 2 amide bonds. The Balaban J connectivity index is 1.76. The fraction of sp³-hybridized carbons (Fsp3) is 0.417. The molecule has 8 heteroatoms. The first kappa shape index (κ1) is 25.3. The molecule has 8 nitrogen and oxygen atoms in total. The standard InChI is InChI=1S/C24H33N3O5/c28-17-16-27(21-8-4-3-5-9-21)24(31)18-19-12-14-20(15-13-19)25-22(29)10-6-1-2-7-11-23(30)26-32/h3-5,8-9,12-15,24,28,31-32H,1-2,6-7,10-11,16-18H2,(H,25,29)(H,26,30). The highest BCUT2D eigenvalue weighted by Gasteiger charge is 2.16. The Morgan fingerprint density at radius 2 is 1.50 bits per heavy atom. The number of rotatable bonds is 14. The largest absolute Gasteiger partial charge is 0.395 e.